The minimum absolute atomic E-state index is 0.0417. The number of amides is 1. The average molecular weight is 1420 g/mol. The number of aliphatic imine (C=N–C) groups is 8. The summed E-state index contributed by atoms with van der Waals surface area (Å²) in [5, 5.41) is 23.2. The van der Waals surface area contributed by atoms with Crippen LogP contribution in [-0.4, -0.2) is 244 Å². The molecular weight excluding hydrogens is 1260 g/mol. The van der Waals surface area contributed by atoms with Gasteiger partial charge in [-0.05, 0) is 243 Å². The Morgan fingerprint density at radius 3 is 1.01 bits per heavy atom. The molecule has 17 N–H and O–H groups in total. The van der Waals surface area contributed by atoms with Crippen molar-refractivity contribution in [1.82, 2.24) is 20.9 Å². The second-order valence-electron chi connectivity index (χ2n) is 25.8. The van der Waals surface area contributed by atoms with Crippen molar-refractivity contribution >= 4 is 80.7 Å². The molecule has 6 heterocycles. The van der Waals surface area contributed by atoms with Gasteiger partial charge in [0.2, 0.25) is 5.91 Å². The van der Waals surface area contributed by atoms with Gasteiger partial charge in [0.1, 0.15) is 5.78 Å². The number of ketones is 1. The van der Waals surface area contributed by atoms with Gasteiger partial charge in [0.25, 0.3) is 0 Å². The second kappa shape index (κ2) is 91.8. The third-order valence-corrected chi connectivity index (χ3v) is 11.9. The Morgan fingerprint density at radius 1 is 0.643 bits per heavy atom. The highest BCUT2D eigenvalue weighted by atomic mass is 32.2. The quantitative estimate of drug-likeness (QED) is 0.0711. The Morgan fingerprint density at radius 2 is 0.929 bits per heavy atom. The van der Waals surface area contributed by atoms with E-state index in [0.717, 1.165) is 94.7 Å². The highest BCUT2D eigenvalue weighted by Gasteiger charge is 2.05. The van der Waals surface area contributed by atoms with Crippen LogP contribution >= 0.6 is 11.8 Å². The molecule has 0 aliphatic carbocycles. The fourth-order valence-corrected chi connectivity index (χ4v) is 5.06. The highest BCUT2D eigenvalue weighted by Crippen LogP contribution is 2.10. The zero-order valence-electron chi connectivity index (χ0n) is 70.2. The summed E-state index contributed by atoms with van der Waals surface area (Å²) in [4.78, 5) is 52.8. The molecule has 0 fully saturated rings. The number of primary amides is 1. The number of Topliss-reactive ketones (excluding diaryl/α,β-unsaturated/α-hetero) is 1. The maximum absolute atomic E-state index is 9.44. The van der Waals surface area contributed by atoms with E-state index >= 15 is 0 Å². The molecule has 98 heavy (non-hydrogen) atoms. The number of quaternary nitrogens is 1. The summed E-state index contributed by atoms with van der Waals surface area (Å²) in [6.07, 6.45) is 15.2. The van der Waals surface area contributed by atoms with E-state index in [1.165, 1.54) is 140 Å². The van der Waals surface area contributed by atoms with Gasteiger partial charge in [0.15, 0.2) is 11.9 Å². The molecule has 6 rings (SSSR count). The van der Waals surface area contributed by atoms with Crippen LogP contribution in [0.5, 0.6) is 0 Å². The minimum Gasteiger partial charge on any atom is -0.481 e. The molecule has 0 unspecified atom stereocenters. The number of thioether (sulfide) groups is 1. The van der Waals surface area contributed by atoms with Crippen LogP contribution < -0.4 is 50.4 Å². The number of carbonyl (C=O) groups excluding carboxylic acids is 2. The van der Waals surface area contributed by atoms with Crippen molar-refractivity contribution in [3.8, 4) is 0 Å². The first-order chi connectivity index (χ1) is 45.1. The predicted octanol–water partition coefficient (Wildman–Crippen LogP) is 11.5. The van der Waals surface area contributed by atoms with Crippen LogP contribution in [0.15, 0.2) is 39.9 Å². The summed E-state index contributed by atoms with van der Waals surface area (Å²) in [6.45, 7) is 56.5. The lowest BCUT2D eigenvalue weighted by molar-refractivity contribution is -0.868. The highest BCUT2D eigenvalue weighted by molar-refractivity contribution is 8.13. The van der Waals surface area contributed by atoms with Crippen molar-refractivity contribution in [2.75, 3.05) is 155 Å². The molecule has 25 nitrogen and oxygen atoms in total. The molecule has 0 atom stereocenters. The minimum atomic E-state index is -0.333. The summed E-state index contributed by atoms with van der Waals surface area (Å²) in [7, 11) is 19.4. The molecule has 6 aliphatic heterocycles. The lowest BCUT2D eigenvalue weighted by Gasteiger charge is -2.20. The molecule has 588 valence electrons. The number of hydrogen-bond donors (Lipinski definition) is 11. The van der Waals surface area contributed by atoms with E-state index in [-0.39, 0.29) is 29.1 Å². The first-order valence-electron chi connectivity index (χ1n) is 34.9. The Balaban J connectivity index is -0.0000000803. The van der Waals surface area contributed by atoms with Crippen LogP contribution in [0.1, 0.15) is 236 Å². The fourth-order valence-electron chi connectivity index (χ4n) is 4.31. The standard InChI is InChI=1S/3C6H11N.C5H10N2.C5H9NO.C5H9NS.C5H14N.C5H13N.C5H12O.C4H11N.C3H8N2.C3H9N.C3H7N.C3H6O.C2H7N3.C2H6N2.C2H5NO.C2H7N/c3*1-6-4-2-3-5-7-6;3*1-5-6-3-2-4-7-5;1-5-6(2,3)4;2*1-5(2,3)6-4;1-4-5(2)3;1-3(4)5-2;1-3-4-2;2*1-3(2)4;1-5-2(3)4;2*1-2(3)4;1-2-3/h3*2-5H2,1H3;2-4H2,1H3,(H,6,7);2*2-4H2,1H3;5H2,1-4H3;6H,1-4H3;1-4H3;4H2,1-3H3;1-2H3,(H2,4,5);4H,3H2,1-2H3;4H,1-2H3;1-2H3;1H3,(H4,3,4,5);1H3,(H3,3,4);1H3,(H2,3,4);2-3H2,1H3/q;;;;;;+1;;;;;;;;;;;. The molecule has 0 aromatic carbocycles. The van der Waals surface area contributed by atoms with E-state index < -0.39 is 0 Å². The summed E-state index contributed by atoms with van der Waals surface area (Å²) >= 11 is 1.87. The Labute approximate surface area is 609 Å². The molecule has 0 radical (unpaired) electrons. The molecule has 1 amide bonds. The van der Waals surface area contributed by atoms with Crippen molar-refractivity contribution < 1.29 is 23.5 Å². The van der Waals surface area contributed by atoms with Crippen LogP contribution in [-0.2, 0) is 19.1 Å². The van der Waals surface area contributed by atoms with E-state index in [9.17, 15) is 9.59 Å². The number of nitrogens with one attached hydrogen (secondary N) is 5. The normalized spacial score (nSPS) is 14.3. The monoisotopic (exact) mass is 1420 g/mol. The van der Waals surface area contributed by atoms with Gasteiger partial charge in [-0.1, -0.05) is 20.8 Å². The zero-order chi connectivity index (χ0) is 79.6. The van der Waals surface area contributed by atoms with Crippen molar-refractivity contribution in [3.05, 3.63) is 0 Å². The fraction of sp³-hybridized carbons (Fsp3) is 0.833. The smallest absolute Gasteiger partial charge is 0.214 e. The first kappa shape index (κ1) is 120. The number of methoxy groups -OCH3 is 1. The van der Waals surface area contributed by atoms with E-state index in [2.05, 4.69) is 171 Å². The van der Waals surface area contributed by atoms with Crippen molar-refractivity contribution in [3.63, 3.8) is 0 Å². The van der Waals surface area contributed by atoms with E-state index in [1.807, 2.05) is 67.4 Å². The number of ether oxygens (including phenoxy) is 2. The van der Waals surface area contributed by atoms with Crippen LogP contribution in [0.3, 0.4) is 0 Å². The maximum atomic E-state index is 9.44. The predicted molar refractivity (Wildman–Crippen MR) is 445 cm³/mol. The van der Waals surface area contributed by atoms with Crippen molar-refractivity contribution in [1.29, 1.82) is 10.8 Å². The van der Waals surface area contributed by atoms with Gasteiger partial charge in [-0.3, -0.25) is 50.1 Å². The maximum Gasteiger partial charge on any atom is 0.214 e. The molecular formula is C72H166N21O4S+. The molecule has 0 aromatic rings. The number of nitrogens with two attached hydrogens (primary N) is 6. The van der Waals surface area contributed by atoms with Crippen LogP contribution in [0.2, 0.25) is 0 Å². The topological polar surface area (TPSA) is 395 Å². The molecule has 26 heteroatoms. The summed E-state index contributed by atoms with van der Waals surface area (Å²) in [6, 6.07) is 0. The van der Waals surface area contributed by atoms with Crippen LogP contribution in [0.4, 0.5) is 0 Å². The van der Waals surface area contributed by atoms with Gasteiger partial charge in [-0.25, -0.2) is 0 Å². The number of amidine groups is 3. The Bertz CT molecular complexity index is 1700. The molecule has 0 saturated carbocycles. The molecule has 0 aromatic heterocycles. The van der Waals surface area contributed by atoms with Crippen LogP contribution in [0.25, 0.3) is 0 Å². The van der Waals surface area contributed by atoms with E-state index in [0.29, 0.717) is 17.1 Å². The van der Waals surface area contributed by atoms with Gasteiger partial charge in [-0.15, -0.1) is 11.8 Å². The van der Waals surface area contributed by atoms with E-state index in [4.69, 9.17) is 49.0 Å². The summed E-state index contributed by atoms with van der Waals surface area (Å²) in [5.41, 5.74) is 33.7. The van der Waals surface area contributed by atoms with Crippen molar-refractivity contribution in [2.24, 2.45) is 74.3 Å². The van der Waals surface area contributed by atoms with Crippen LogP contribution in [0, 0.1) is 10.8 Å². The third kappa shape index (κ3) is 212. The second-order valence-corrected chi connectivity index (χ2v) is 27.1. The molecule has 0 spiro atoms. The van der Waals surface area contributed by atoms with Gasteiger partial charge in [0.05, 0.1) is 62.4 Å². The number of nitrogens with zero attached hydrogens (tertiary/aromatic N) is 10. The molecule has 0 saturated heterocycles. The van der Waals surface area contributed by atoms with Gasteiger partial charge in [-0.2, -0.15) is 0 Å². The van der Waals surface area contributed by atoms with Gasteiger partial charge in [0, 0.05) is 121 Å². The van der Waals surface area contributed by atoms with Gasteiger partial charge < -0.3 is 79.4 Å². The lowest BCUT2D eigenvalue weighted by Crippen LogP contribution is -2.33. The lowest BCUT2D eigenvalue weighted by atomic mass is 10.1. The van der Waals surface area contributed by atoms with Gasteiger partial charge >= 0.3 is 0 Å². The largest absolute Gasteiger partial charge is 0.481 e. The summed E-state index contributed by atoms with van der Waals surface area (Å²) < 4.78 is 11.0. The Kier molecular flexibility index (Phi) is 112. The molecule has 6 aliphatic rings. The Hall–Kier alpha value is -5.25. The summed E-state index contributed by atoms with van der Waals surface area (Å²) in [5.74, 6) is 3.96. The first-order valence-corrected chi connectivity index (χ1v) is 35.9. The number of rotatable bonds is 3. The van der Waals surface area contributed by atoms with E-state index in [1.54, 1.807) is 34.9 Å². The number of guanidine groups is 1. The zero-order valence-corrected chi connectivity index (χ0v) is 71.0. The number of hydrogen-bond acceptors (Lipinski definition) is 20. The average Bonchev–Trinajstić information content (AvgIpc) is 3.44. The number of carbonyl (C=O) groups is 2. The SMILES string of the molecule is CC(=N)N.CC(C)=N.CC(C)=O.CC(N)=O.CC1=NCCCC1.CC1=NCCCC1.CC1=NCCCC1.CC1=NCCCN1.CC1=NCCCO1.CC1=NCCCS1.CCN.CCN(C)C.CCNC.CC[N+](C)(C)C.CN=C(C)N.CN=C(N)N.CNC(C)(C)C.COC(C)(C)C. The van der Waals surface area contributed by atoms with Crippen molar-refractivity contribution in [2.45, 2.75) is 247 Å². The third-order valence-electron chi connectivity index (χ3n) is 10.9. The molecule has 0 bridgehead atoms.